The second-order valence-corrected chi connectivity index (χ2v) is 9.92. The number of ether oxygens (including phenoxy) is 1. The minimum absolute atomic E-state index is 0.327. The molecular formula is C25H42O2. The van der Waals surface area contributed by atoms with Crippen LogP contribution in [0.4, 0.5) is 0 Å². The van der Waals surface area contributed by atoms with Crippen molar-refractivity contribution in [3.05, 3.63) is 34.9 Å². The number of carbonyl (C=O) groups excluding carboxylic acids is 1. The predicted octanol–water partition coefficient (Wildman–Crippen LogP) is 7.20. The molecule has 0 spiro atoms. The molecular weight excluding hydrogens is 332 g/mol. The van der Waals surface area contributed by atoms with Gasteiger partial charge in [0.15, 0.2) is 0 Å². The van der Waals surface area contributed by atoms with E-state index in [1.165, 1.54) is 61.6 Å². The summed E-state index contributed by atoms with van der Waals surface area (Å²) in [6.07, 6.45) is 12.1. The zero-order valence-corrected chi connectivity index (χ0v) is 18.7. The second kappa shape index (κ2) is 11.5. The van der Waals surface area contributed by atoms with Gasteiger partial charge in [-0.05, 0) is 87.8 Å². The van der Waals surface area contributed by atoms with Crippen LogP contribution in [0.25, 0.3) is 0 Å². The smallest absolute Gasteiger partial charge is 0.293 e. The van der Waals surface area contributed by atoms with Crippen molar-refractivity contribution in [1.29, 1.82) is 0 Å². The maximum atomic E-state index is 10.5. The minimum Gasteiger partial charge on any atom is -0.462 e. The molecule has 0 fully saturated rings. The lowest BCUT2D eigenvalue weighted by molar-refractivity contribution is -0.140. The number of rotatable bonds is 13. The molecule has 0 aliphatic rings. The largest absolute Gasteiger partial charge is 0.462 e. The molecule has 1 rings (SSSR count). The van der Waals surface area contributed by atoms with Gasteiger partial charge in [0, 0.05) is 0 Å². The predicted molar refractivity (Wildman–Crippen MR) is 116 cm³/mol. The Hall–Kier alpha value is -1.31. The molecule has 0 atom stereocenters. The van der Waals surface area contributed by atoms with Gasteiger partial charge in [0.25, 0.3) is 6.47 Å². The van der Waals surface area contributed by atoms with Gasteiger partial charge in [-0.3, -0.25) is 4.79 Å². The van der Waals surface area contributed by atoms with E-state index in [1.54, 1.807) is 0 Å². The second-order valence-electron chi connectivity index (χ2n) is 9.92. The topological polar surface area (TPSA) is 26.3 Å². The summed E-state index contributed by atoms with van der Waals surface area (Å²) in [6.45, 7) is 13.8. The summed E-state index contributed by atoms with van der Waals surface area (Å²) in [7, 11) is 0. The molecule has 0 aliphatic heterocycles. The first-order chi connectivity index (χ1) is 12.6. The van der Waals surface area contributed by atoms with E-state index in [0.29, 0.717) is 11.9 Å². The van der Waals surface area contributed by atoms with Crippen LogP contribution in [0.1, 0.15) is 103 Å². The number of unbranched alkanes of at least 4 members (excludes halogenated alkanes) is 4. The maximum absolute atomic E-state index is 10.5. The molecule has 0 aromatic heterocycles. The number of hydrogen-bond acceptors (Lipinski definition) is 2. The Morgan fingerprint density at radius 3 is 2.07 bits per heavy atom. The molecule has 154 valence electrons. The Balaban J connectivity index is 2.27. The monoisotopic (exact) mass is 374 g/mol. The Morgan fingerprint density at radius 1 is 0.852 bits per heavy atom. The summed E-state index contributed by atoms with van der Waals surface area (Å²) < 4.78 is 5.11. The van der Waals surface area contributed by atoms with E-state index >= 15 is 0 Å². The van der Waals surface area contributed by atoms with Crippen molar-refractivity contribution in [2.24, 2.45) is 5.41 Å². The molecule has 0 radical (unpaired) electrons. The molecule has 1 aromatic rings. The molecule has 2 nitrogen and oxygen atoms in total. The normalized spacial score (nSPS) is 12.2. The molecule has 0 unspecified atom stereocenters. The highest BCUT2D eigenvalue weighted by molar-refractivity contribution is 5.38. The summed E-state index contributed by atoms with van der Waals surface area (Å²) in [5.74, 6) is 0. The third-order valence-corrected chi connectivity index (χ3v) is 5.39. The van der Waals surface area contributed by atoms with Gasteiger partial charge in [-0.25, -0.2) is 0 Å². The fraction of sp³-hybridized carbons (Fsp3) is 0.720. The molecule has 0 amide bonds. The molecule has 0 N–H and O–H groups in total. The van der Waals surface area contributed by atoms with E-state index in [-0.39, 0.29) is 5.60 Å². The van der Waals surface area contributed by atoms with Crippen molar-refractivity contribution < 1.29 is 9.53 Å². The van der Waals surface area contributed by atoms with E-state index in [1.807, 2.05) is 13.8 Å². The van der Waals surface area contributed by atoms with Crippen LogP contribution >= 0.6 is 0 Å². The first kappa shape index (κ1) is 23.7. The zero-order valence-electron chi connectivity index (χ0n) is 18.7. The average Bonchev–Trinajstić information content (AvgIpc) is 2.54. The lowest BCUT2D eigenvalue weighted by Crippen LogP contribution is -2.23. The average molecular weight is 375 g/mol. The highest BCUT2D eigenvalue weighted by atomic mass is 16.5. The van der Waals surface area contributed by atoms with E-state index in [2.05, 4.69) is 45.9 Å². The van der Waals surface area contributed by atoms with Crippen LogP contribution < -0.4 is 0 Å². The Bertz CT molecular complexity index is 552. The fourth-order valence-electron chi connectivity index (χ4n) is 3.59. The highest BCUT2D eigenvalue weighted by Crippen LogP contribution is 2.23. The number of hydrogen-bond donors (Lipinski definition) is 0. The van der Waals surface area contributed by atoms with Gasteiger partial charge >= 0.3 is 0 Å². The summed E-state index contributed by atoms with van der Waals surface area (Å²) >= 11 is 0. The molecule has 0 heterocycles. The SMILES string of the molecule is Cc1cc(CCCCCC(C)(C)C)ccc1CCCCCC(C)(C)OC=O. The minimum atomic E-state index is -0.327. The Labute approximate surface area is 168 Å². The Kier molecular flexibility index (Phi) is 10.1. The van der Waals surface area contributed by atoms with Gasteiger partial charge in [0.1, 0.15) is 5.60 Å². The number of aryl methyl sites for hydroxylation is 3. The lowest BCUT2D eigenvalue weighted by Gasteiger charge is -2.22. The van der Waals surface area contributed by atoms with Crippen LogP contribution in [0.3, 0.4) is 0 Å². The molecule has 0 saturated heterocycles. The van der Waals surface area contributed by atoms with Crippen molar-refractivity contribution in [2.45, 2.75) is 111 Å². The quantitative estimate of drug-likeness (QED) is 0.269. The van der Waals surface area contributed by atoms with Crippen molar-refractivity contribution in [2.75, 3.05) is 0 Å². The van der Waals surface area contributed by atoms with Crippen molar-refractivity contribution in [3.8, 4) is 0 Å². The van der Waals surface area contributed by atoms with Gasteiger partial charge in [-0.1, -0.05) is 58.2 Å². The van der Waals surface area contributed by atoms with Crippen molar-refractivity contribution in [1.82, 2.24) is 0 Å². The van der Waals surface area contributed by atoms with E-state index in [0.717, 1.165) is 19.3 Å². The van der Waals surface area contributed by atoms with E-state index in [9.17, 15) is 4.79 Å². The lowest BCUT2D eigenvalue weighted by atomic mass is 9.89. The molecule has 0 aliphatic carbocycles. The molecule has 27 heavy (non-hydrogen) atoms. The third-order valence-electron chi connectivity index (χ3n) is 5.39. The van der Waals surface area contributed by atoms with Crippen molar-refractivity contribution >= 4 is 6.47 Å². The van der Waals surface area contributed by atoms with Crippen LogP contribution in [0, 0.1) is 12.3 Å². The van der Waals surface area contributed by atoms with Crippen LogP contribution in [-0.2, 0) is 22.4 Å². The summed E-state index contributed by atoms with van der Waals surface area (Å²) in [4.78, 5) is 10.5. The molecule has 1 aromatic carbocycles. The molecule has 2 heteroatoms. The summed E-state index contributed by atoms with van der Waals surface area (Å²) in [5.41, 5.74) is 4.54. The van der Waals surface area contributed by atoms with Gasteiger partial charge in [-0.15, -0.1) is 0 Å². The zero-order chi connectivity index (χ0) is 20.3. The van der Waals surface area contributed by atoms with Gasteiger partial charge in [0.2, 0.25) is 0 Å². The number of benzene rings is 1. The Morgan fingerprint density at radius 2 is 1.48 bits per heavy atom. The van der Waals surface area contributed by atoms with E-state index in [4.69, 9.17) is 4.74 Å². The summed E-state index contributed by atoms with van der Waals surface area (Å²) in [6, 6.07) is 7.05. The fourth-order valence-corrected chi connectivity index (χ4v) is 3.59. The first-order valence-electron chi connectivity index (χ1n) is 10.8. The molecule has 0 saturated carbocycles. The third kappa shape index (κ3) is 11.2. The van der Waals surface area contributed by atoms with Gasteiger partial charge < -0.3 is 4.74 Å². The van der Waals surface area contributed by atoms with Crippen LogP contribution in [0.5, 0.6) is 0 Å². The van der Waals surface area contributed by atoms with Gasteiger partial charge in [-0.2, -0.15) is 0 Å². The van der Waals surface area contributed by atoms with Crippen LogP contribution in [0.15, 0.2) is 18.2 Å². The number of carbonyl (C=O) groups is 1. The standard InChI is InChI=1S/C25H42O2/c1-21-19-22(13-9-7-11-17-24(2,3)4)15-16-23(21)14-10-8-12-18-25(5,6)27-20-26/h15-16,19-20H,7-14,17-18H2,1-6H3. The first-order valence-corrected chi connectivity index (χ1v) is 10.8. The van der Waals surface area contributed by atoms with Crippen LogP contribution in [0.2, 0.25) is 0 Å². The van der Waals surface area contributed by atoms with Gasteiger partial charge in [0.05, 0.1) is 0 Å². The highest BCUT2D eigenvalue weighted by Gasteiger charge is 2.17. The van der Waals surface area contributed by atoms with Crippen LogP contribution in [-0.4, -0.2) is 12.1 Å². The van der Waals surface area contributed by atoms with E-state index < -0.39 is 0 Å². The maximum Gasteiger partial charge on any atom is 0.293 e. The van der Waals surface area contributed by atoms with Crippen molar-refractivity contribution in [3.63, 3.8) is 0 Å². The molecule has 0 bridgehead atoms. The summed E-state index contributed by atoms with van der Waals surface area (Å²) in [5, 5.41) is 0.